The van der Waals surface area contributed by atoms with Gasteiger partial charge in [0.05, 0.1) is 0 Å². The normalized spacial score (nSPS) is 12.4. The molecule has 0 aliphatic carbocycles. The van der Waals surface area contributed by atoms with E-state index in [2.05, 4.69) is 71.6 Å². The Balaban J connectivity index is 2.18. The fourth-order valence-corrected chi connectivity index (χ4v) is 3.01. The number of hydrogen-bond donors (Lipinski definition) is 1. The van der Waals surface area contributed by atoms with Crippen molar-refractivity contribution in [3.05, 3.63) is 60.3 Å². The molecule has 0 radical (unpaired) electrons. The average molecular weight is 482 g/mol. The van der Waals surface area contributed by atoms with Crippen molar-refractivity contribution in [2.45, 2.75) is 12.5 Å². The van der Waals surface area contributed by atoms with Gasteiger partial charge in [0, 0.05) is 36.9 Å². The Morgan fingerprint density at radius 3 is 2.56 bits per heavy atom. The molecule has 2 nitrogen and oxygen atoms in total. The van der Waals surface area contributed by atoms with Gasteiger partial charge in [0.2, 0.25) is 0 Å². The second-order valence-corrected chi connectivity index (χ2v) is 6.94. The van der Waals surface area contributed by atoms with Crippen LogP contribution < -0.4 is 5.73 Å². The molecular formula is C13H11Br2IN2. The summed E-state index contributed by atoms with van der Waals surface area (Å²) in [4.78, 5) is 4.35. The first kappa shape index (κ1) is 14.4. The summed E-state index contributed by atoms with van der Waals surface area (Å²) in [6, 6.07) is 10.1. The summed E-state index contributed by atoms with van der Waals surface area (Å²) in [7, 11) is 0. The highest BCUT2D eigenvalue weighted by molar-refractivity contribution is 14.1. The standard InChI is InChI=1S/C13H11Br2IN2/c14-8-2-4-12(16)11(5-8)13(17)6-10-3-1-9(15)7-18-10/h1-5,7,13H,6,17H2. The average Bonchev–Trinajstić information content (AvgIpc) is 2.35. The number of halogens is 3. The van der Waals surface area contributed by atoms with Crippen LogP contribution in [0.25, 0.3) is 0 Å². The van der Waals surface area contributed by atoms with E-state index in [1.165, 1.54) is 3.57 Å². The Kier molecular flexibility index (Phi) is 5.17. The van der Waals surface area contributed by atoms with Crippen LogP contribution in [0.15, 0.2) is 45.5 Å². The number of rotatable bonds is 3. The van der Waals surface area contributed by atoms with Crippen LogP contribution in [0.2, 0.25) is 0 Å². The Morgan fingerprint density at radius 1 is 1.17 bits per heavy atom. The Bertz CT molecular complexity index is 543. The van der Waals surface area contributed by atoms with Gasteiger partial charge in [0.25, 0.3) is 0 Å². The van der Waals surface area contributed by atoms with Gasteiger partial charge in [0.15, 0.2) is 0 Å². The highest BCUT2D eigenvalue weighted by Gasteiger charge is 2.11. The number of hydrogen-bond acceptors (Lipinski definition) is 2. The van der Waals surface area contributed by atoms with Crippen molar-refractivity contribution in [3.63, 3.8) is 0 Å². The number of nitrogens with zero attached hydrogens (tertiary/aromatic N) is 1. The van der Waals surface area contributed by atoms with Crippen LogP contribution in [0.5, 0.6) is 0 Å². The third-order valence-corrected chi connectivity index (χ3v) is 4.52. The monoisotopic (exact) mass is 480 g/mol. The predicted molar refractivity (Wildman–Crippen MR) is 89.4 cm³/mol. The molecule has 0 amide bonds. The molecule has 0 saturated heterocycles. The quantitative estimate of drug-likeness (QED) is 0.658. The van der Waals surface area contributed by atoms with Crippen molar-refractivity contribution in [2.75, 3.05) is 0 Å². The van der Waals surface area contributed by atoms with E-state index < -0.39 is 0 Å². The van der Waals surface area contributed by atoms with Crippen molar-refractivity contribution in [1.29, 1.82) is 0 Å². The molecule has 1 unspecified atom stereocenters. The first-order valence-electron chi connectivity index (χ1n) is 5.37. The molecule has 1 atom stereocenters. The lowest BCUT2D eigenvalue weighted by atomic mass is 10.0. The first-order valence-corrected chi connectivity index (χ1v) is 8.03. The van der Waals surface area contributed by atoms with Crippen molar-refractivity contribution < 1.29 is 0 Å². The summed E-state index contributed by atoms with van der Waals surface area (Å²) in [5.41, 5.74) is 8.41. The van der Waals surface area contributed by atoms with E-state index >= 15 is 0 Å². The van der Waals surface area contributed by atoms with E-state index in [-0.39, 0.29) is 6.04 Å². The van der Waals surface area contributed by atoms with Gasteiger partial charge < -0.3 is 5.73 Å². The fraction of sp³-hybridized carbons (Fsp3) is 0.154. The zero-order chi connectivity index (χ0) is 13.1. The molecule has 0 bridgehead atoms. The smallest absolute Gasteiger partial charge is 0.0423 e. The molecule has 2 aromatic rings. The molecule has 0 fully saturated rings. The molecule has 2 N–H and O–H groups in total. The van der Waals surface area contributed by atoms with E-state index in [4.69, 9.17) is 5.73 Å². The summed E-state index contributed by atoms with van der Waals surface area (Å²) in [5, 5.41) is 0. The number of aromatic nitrogens is 1. The number of pyridine rings is 1. The second kappa shape index (κ2) is 6.45. The van der Waals surface area contributed by atoms with E-state index in [0.29, 0.717) is 0 Å². The zero-order valence-corrected chi connectivity index (χ0v) is 14.7. The van der Waals surface area contributed by atoms with Crippen LogP contribution in [0.4, 0.5) is 0 Å². The maximum Gasteiger partial charge on any atom is 0.0423 e. The fourth-order valence-electron chi connectivity index (χ4n) is 1.66. The molecule has 0 spiro atoms. The third kappa shape index (κ3) is 3.76. The van der Waals surface area contributed by atoms with Gasteiger partial charge in [-0.15, -0.1) is 0 Å². The lowest BCUT2D eigenvalue weighted by Gasteiger charge is -2.14. The molecule has 5 heteroatoms. The van der Waals surface area contributed by atoms with Crippen LogP contribution in [-0.2, 0) is 6.42 Å². The van der Waals surface area contributed by atoms with Gasteiger partial charge in [-0.2, -0.15) is 0 Å². The molecule has 0 saturated carbocycles. The third-order valence-electron chi connectivity index (χ3n) is 2.58. The molecular weight excluding hydrogens is 471 g/mol. The maximum atomic E-state index is 6.26. The van der Waals surface area contributed by atoms with Gasteiger partial charge in [-0.05, 0) is 74.4 Å². The topological polar surface area (TPSA) is 38.9 Å². The predicted octanol–water partition coefficient (Wildman–Crippen LogP) is 4.45. The SMILES string of the molecule is NC(Cc1ccc(Br)cn1)c1cc(Br)ccc1I. The first-order chi connectivity index (χ1) is 8.56. The molecule has 2 rings (SSSR count). The van der Waals surface area contributed by atoms with Gasteiger partial charge in [-0.3, -0.25) is 4.98 Å². The minimum absolute atomic E-state index is 0.0388. The van der Waals surface area contributed by atoms with Gasteiger partial charge in [-0.25, -0.2) is 0 Å². The van der Waals surface area contributed by atoms with Crippen molar-refractivity contribution in [3.8, 4) is 0 Å². The van der Waals surface area contributed by atoms with Gasteiger partial charge in [0.1, 0.15) is 0 Å². The zero-order valence-electron chi connectivity index (χ0n) is 9.41. The summed E-state index contributed by atoms with van der Waals surface area (Å²) in [5.74, 6) is 0. The van der Waals surface area contributed by atoms with Gasteiger partial charge in [-0.1, -0.05) is 15.9 Å². The molecule has 0 aliphatic heterocycles. The molecule has 18 heavy (non-hydrogen) atoms. The van der Waals surface area contributed by atoms with Crippen LogP contribution in [0.1, 0.15) is 17.3 Å². The molecule has 1 aromatic carbocycles. The Hall–Kier alpha value is 0.0200. The maximum absolute atomic E-state index is 6.26. The minimum atomic E-state index is -0.0388. The van der Waals surface area contributed by atoms with E-state index in [1.54, 1.807) is 6.20 Å². The second-order valence-electron chi connectivity index (χ2n) is 3.94. The van der Waals surface area contributed by atoms with E-state index in [9.17, 15) is 0 Å². The molecule has 1 heterocycles. The van der Waals surface area contributed by atoms with Crippen molar-refractivity contribution in [2.24, 2.45) is 5.73 Å². The van der Waals surface area contributed by atoms with Gasteiger partial charge >= 0.3 is 0 Å². The lowest BCUT2D eigenvalue weighted by molar-refractivity contribution is 0.702. The Labute approximate surface area is 137 Å². The van der Waals surface area contributed by atoms with Crippen LogP contribution >= 0.6 is 54.5 Å². The highest BCUT2D eigenvalue weighted by Crippen LogP contribution is 2.25. The van der Waals surface area contributed by atoms with E-state index in [1.807, 2.05) is 18.2 Å². The van der Waals surface area contributed by atoms with Crippen LogP contribution in [0.3, 0.4) is 0 Å². The number of benzene rings is 1. The molecule has 0 aliphatic rings. The van der Waals surface area contributed by atoms with E-state index in [0.717, 1.165) is 26.6 Å². The van der Waals surface area contributed by atoms with Crippen LogP contribution in [-0.4, -0.2) is 4.98 Å². The minimum Gasteiger partial charge on any atom is -0.324 e. The largest absolute Gasteiger partial charge is 0.324 e. The van der Waals surface area contributed by atoms with Crippen molar-refractivity contribution >= 4 is 54.5 Å². The Morgan fingerprint density at radius 2 is 1.89 bits per heavy atom. The molecule has 94 valence electrons. The summed E-state index contributed by atoms with van der Waals surface area (Å²) < 4.78 is 3.22. The highest BCUT2D eigenvalue weighted by atomic mass is 127. The van der Waals surface area contributed by atoms with Crippen molar-refractivity contribution in [1.82, 2.24) is 4.98 Å². The molecule has 1 aromatic heterocycles. The summed E-state index contributed by atoms with van der Waals surface area (Å²) in [6.07, 6.45) is 2.54. The van der Waals surface area contributed by atoms with Crippen LogP contribution in [0, 0.1) is 3.57 Å². The number of nitrogens with two attached hydrogens (primary N) is 1. The summed E-state index contributed by atoms with van der Waals surface area (Å²) >= 11 is 9.17. The summed E-state index contributed by atoms with van der Waals surface area (Å²) in [6.45, 7) is 0. The lowest BCUT2D eigenvalue weighted by Crippen LogP contribution is -2.15.